The second-order valence-electron chi connectivity index (χ2n) is 6.33. The van der Waals surface area contributed by atoms with Gasteiger partial charge in [-0.2, -0.15) is 0 Å². The zero-order valence-electron chi connectivity index (χ0n) is 13.0. The van der Waals surface area contributed by atoms with E-state index in [1.807, 2.05) is 12.1 Å². The molecule has 24 heavy (non-hydrogen) atoms. The molecule has 4 rings (SSSR count). The number of benzene rings is 1. The Bertz CT molecular complexity index is 818. The molecule has 5 N–H and O–H groups in total. The average molecular weight is 342 g/mol. The van der Waals surface area contributed by atoms with Gasteiger partial charge in [0.05, 0.1) is 15.9 Å². The van der Waals surface area contributed by atoms with Gasteiger partial charge in [-0.3, -0.25) is 9.59 Å². The van der Waals surface area contributed by atoms with Gasteiger partial charge in [0.25, 0.3) is 5.91 Å². The van der Waals surface area contributed by atoms with Gasteiger partial charge in [0.15, 0.2) is 0 Å². The van der Waals surface area contributed by atoms with E-state index in [0.29, 0.717) is 9.88 Å². The highest BCUT2D eigenvalue weighted by Gasteiger charge is 2.46. The Morgan fingerprint density at radius 1 is 1.21 bits per heavy atom. The third kappa shape index (κ3) is 2.46. The van der Waals surface area contributed by atoms with Gasteiger partial charge in [0, 0.05) is 24.2 Å². The minimum absolute atomic E-state index is 0.0353. The smallest absolute Gasteiger partial charge is 0.258 e. The largest absolute Gasteiger partial charge is 0.384 e. The van der Waals surface area contributed by atoms with Crippen molar-refractivity contribution in [2.45, 2.75) is 17.9 Å². The molecule has 1 aromatic carbocycles. The van der Waals surface area contributed by atoms with Gasteiger partial charge < -0.3 is 21.7 Å². The van der Waals surface area contributed by atoms with Crippen molar-refractivity contribution in [1.29, 1.82) is 0 Å². The highest BCUT2D eigenvalue weighted by molar-refractivity contribution is 7.18. The van der Waals surface area contributed by atoms with E-state index >= 15 is 0 Å². The predicted octanol–water partition coefficient (Wildman–Crippen LogP) is 1.51. The first-order chi connectivity index (χ1) is 11.6. The number of hydrogen-bond donors (Lipinski definition) is 4. The number of nitrogens with one attached hydrogen (secondary N) is 3. The summed E-state index contributed by atoms with van der Waals surface area (Å²) in [5.41, 5.74) is 7.64. The standard InChI is InChI=1S/C17H18N4O2S/c18-15(22)13-5-6-14(24-13)21-16(23)12-7-17(9-20-12)8-19-11-4-2-1-3-10(11)17/h1-6,12,19-20H,7-9H2,(H2,18,22)(H,21,23). The average Bonchev–Trinajstić information content (AvgIpc) is 3.29. The van der Waals surface area contributed by atoms with Crippen LogP contribution in [0.15, 0.2) is 36.4 Å². The van der Waals surface area contributed by atoms with Gasteiger partial charge in [-0.05, 0) is 30.2 Å². The molecule has 2 aliphatic heterocycles. The van der Waals surface area contributed by atoms with E-state index in [0.717, 1.165) is 25.2 Å². The van der Waals surface area contributed by atoms with Crippen molar-refractivity contribution in [2.75, 3.05) is 23.7 Å². The molecule has 2 atom stereocenters. The van der Waals surface area contributed by atoms with Crippen molar-refractivity contribution in [1.82, 2.24) is 5.32 Å². The van der Waals surface area contributed by atoms with Crippen molar-refractivity contribution in [3.8, 4) is 0 Å². The Balaban J connectivity index is 1.47. The maximum Gasteiger partial charge on any atom is 0.258 e. The topological polar surface area (TPSA) is 96.2 Å². The van der Waals surface area contributed by atoms with E-state index in [9.17, 15) is 9.59 Å². The summed E-state index contributed by atoms with van der Waals surface area (Å²) < 4.78 is 0. The monoisotopic (exact) mass is 342 g/mol. The van der Waals surface area contributed by atoms with Crippen LogP contribution in [-0.2, 0) is 10.2 Å². The minimum atomic E-state index is -0.480. The molecule has 6 nitrogen and oxygen atoms in total. The molecule has 0 radical (unpaired) electrons. The van der Waals surface area contributed by atoms with Crippen LogP contribution in [0.5, 0.6) is 0 Å². The second-order valence-corrected chi connectivity index (χ2v) is 7.42. The lowest BCUT2D eigenvalue weighted by Gasteiger charge is -2.22. The number of anilines is 2. The summed E-state index contributed by atoms with van der Waals surface area (Å²) in [6.45, 7) is 1.61. The van der Waals surface area contributed by atoms with Crippen LogP contribution >= 0.6 is 11.3 Å². The fourth-order valence-corrected chi connectivity index (χ4v) is 4.35. The van der Waals surface area contributed by atoms with E-state index in [2.05, 4.69) is 28.1 Å². The fourth-order valence-electron chi connectivity index (χ4n) is 3.58. The first-order valence-electron chi connectivity index (χ1n) is 7.85. The van der Waals surface area contributed by atoms with Gasteiger partial charge >= 0.3 is 0 Å². The van der Waals surface area contributed by atoms with E-state index in [4.69, 9.17) is 5.73 Å². The van der Waals surface area contributed by atoms with Crippen molar-refractivity contribution < 1.29 is 9.59 Å². The zero-order valence-corrected chi connectivity index (χ0v) is 13.8. The van der Waals surface area contributed by atoms with E-state index < -0.39 is 5.91 Å². The summed E-state index contributed by atoms with van der Waals surface area (Å²) in [5.74, 6) is -0.554. The number of carbonyl (C=O) groups excluding carboxylic acids is 2. The molecule has 1 spiro atoms. The number of nitrogens with two attached hydrogens (primary N) is 1. The number of carbonyl (C=O) groups is 2. The van der Waals surface area contributed by atoms with Crippen LogP contribution in [0.4, 0.5) is 10.7 Å². The number of rotatable bonds is 3. The molecule has 2 aliphatic rings. The van der Waals surface area contributed by atoms with Crippen LogP contribution in [0.2, 0.25) is 0 Å². The Labute approximate surface area is 143 Å². The van der Waals surface area contributed by atoms with E-state index in [1.54, 1.807) is 12.1 Å². The number of para-hydroxylation sites is 1. The molecule has 0 saturated carbocycles. The summed E-state index contributed by atoms with van der Waals surface area (Å²) in [7, 11) is 0. The number of hydrogen-bond acceptors (Lipinski definition) is 5. The van der Waals surface area contributed by atoms with Crippen LogP contribution in [0.1, 0.15) is 21.7 Å². The highest BCUT2D eigenvalue weighted by Crippen LogP contribution is 2.42. The normalized spacial score (nSPS) is 24.6. The highest BCUT2D eigenvalue weighted by atomic mass is 32.1. The molecule has 0 bridgehead atoms. The third-order valence-corrected chi connectivity index (χ3v) is 5.82. The van der Waals surface area contributed by atoms with E-state index in [-0.39, 0.29) is 17.4 Å². The van der Waals surface area contributed by atoms with Gasteiger partial charge in [-0.1, -0.05) is 18.2 Å². The molecular weight excluding hydrogens is 324 g/mol. The Hall–Kier alpha value is -2.38. The van der Waals surface area contributed by atoms with Crippen molar-refractivity contribution in [2.24, 2.45) is 5.73 Å². The zero-order chi connectivity index (χ0) is 16.7. The molecule has 0 aliphatic carbocycles. The Kier molecular flexibility index (Phi) is 3.54. The predicted molar refractivity (Wildman–Crippen MR) is 94.5 cm³/mol. The fraction of sp³-hybridized carbons (Fsp3) is 0.294. The van der Waals surface area contributed by atoms with Crippen LogP contribution < -0.4 is 21.7 Å². The Morgan fingerprint density at radius 3 is 2.83 bits per heavy atom. The number of thiophene rings is 1. The first-order valence-corrected chi connectivity index (χ1v) is 8.66. The Morgan fingerprint density at radius 2 is 2.04 bits per heavy atom. The number of amides is 2. The van der Waals surface area contributed by atoms with Crippen LogP contribution in [0.3, 0.4) is 0 Å². The third-order valence-electron chi connectivity index (χ3n) is 4.81. The molecule has 7 heteroatoms. The lowest BCUT2D eigenvalue weighted by atomic mass is 9.80. The van der Waals surface area contributed by atoms with Crippen LogP contribution in [0, 0.1) is 0 Å². The van der Waals surface area contributed by atoms with Crippen molar-refractivity contribution >= 4 is 33.8 Å². The number of fused-ring (bicyclic) bond motifs is 2. The van der Waals surface area contributed by atoms with Gasteiger partial charge in [-0.25, -0.2) is 0 Å². The molecular formula is C17H18N4O2S. The molecule has 2 unspecified atom stereocenters. The molecule has 1 fully saturated rings. The summed E-state index contributed by atoms with van der Waals surface area (Å²) in [4.78, 5) is 24.1. The van der Waals surface area contributed by atoms with E-state index in [1.165, 1.54) is 16.9 Å². The maximum atomic E-state index is 12.5. The molecule has 2 aromatic rings. The molecule has 1 aromatic heterocycles. The van der Waals surface area contributed by atoms with Gasteiger partial charge in [0.2, 0.25) is 5.91 Å². The van der Waals surface area contributed by atoms with Gasteiger partial charge in [0.1, 0.15) is 0 Å². The maximum absolute atomic E-state index is 12.5. The lowest BCUT2D eigenvalue weighted by Crippen LogP contribution is -2.35. The van der Waals surface area contributed by atoms with Crippen LogP contribution in [0.25, 0.3) is 0 Å². The number of primary amides is 1. The second kappa shape index (κ2) is 5.61. The molecule has 2 amide bonds. The van der Waals surface area contributed by atoms with Crippen molar-refractivity contribution in [3.63, 3.8) is 0 Å². The van der Waals surface area contributed by atoms with Crippen LogP contribution in [-0.4, -0.2) is 30.9 Å². The minimum Gasteiger partial charge on any atom is -0.384 e. The summed E-state index contributed by atoms with van der Waals surface area (Å²) in [6.07, 6.45) is 0.747. The van der Waals surface area contributed by atoms with Gasteiger partial charge in [-0.15, -0.1) is 11.3 Å². The quantitative estimate of drug-likeness (QED) is 0.680. The first kappa shape index (κ1) is 15.2. The van der Waals surface area contributed by atoms with Crippen molar-refractivity contribution in [3.05, 3.63) is 46.8 Å². The molecule has 124 valence electrons. The summed E-state index contributed by atoms with van der Waals surface area (Å²) in [5, 5.41) is 10.3. The molecule has 1 saturated heterocycles. The lowest BCUT2D eigenvalue weighted by molar-refractivity contribution is -0.117. The SMILES string of the molecule is NC(=O)c1ccc(NC(=O)C2CC3(CNc4ccccc43)CN2)s1. The molecule has 3 heterocycles. The summed E-state index contributed by atoms with van der Waals surface area (Å²) in [6, 6.07) is 11.4. The summed E-state index contributed by atoms with van der Waals surface area (Å²) >= 11 is 1.19.